The topological polar surface area (TPSA) is 30.9 Å². The first-order valence-electron chi connectivity index (χ1n) is 6.80. The van der Waals surface area contributed by atoms with Gasteiger partial charge in [0.25, 0.3) is 0 Å². The van der Waals surface area contributed by atoms with Crippen LogP contribution >= 0.6 is 0 Å². The zero-order valence-corrected chi connectivity index (χ0v) is 11.7. The summed E-state index contributed by atoms with van der Waals surface area (Å²) < 4.78 is 15.7. The van der Waals surface area contributed by atoms with Gasteiger partial charge >= 0.3 is 0 Å². The van der Waals surface area contributed by atoms with Crippen LogP contribution in [0.25, 0.3) is 0 Å². The van der Waals surface area contributed by atoms with Gasteiger partial charge in [-0.3, -0.25) is 4.90 Å². The molecule has 1 rings (SSSR count). The van der Waals surface area contributed by atoms with Crippen LogP contribution in [0.1, 0.15) is 26.7 Å². The fourth-order valence-electron chi connectivity index (χ4n) is 1.62. The third-order valence-corrected chi connectivity index (χ3v) is 2.50. The molecule has 1 aliphatic rings. The second-order valence-electron chi connectivity index (χ2n) is 3.77. The van der Waals surface area contributed by atoms with Gasteiger partial charge in [-0.25, -0.2) is 0 Å². The fourth-order valence-corrected chi connectivity index (χ4v) is 1.62. The van der Waals surface area contributed by atoms with E-state index in [1.54, 1.807) is 7.11 Å². The summed E-state index contributed by atoms with van der Waals surface area (Å²) in [4.78, 5) is 2.43. The third kappa shape index (κ3) is 10.7. The van der Waals surface area contributed by atoms with Gasteiger partial charge in [0, 0.05) is 46.6 Å². The second kappa shape index (κ2) is 13.9. The first kappa shape index (κ1) is 16.8. The molecule has 0 aromatic heterocycles. The maximum Gasteiger partial charge on any atom is 0.0594 e. The molecule has 0 bridgehead atoms. The van der Waals surface area contributed by atoms with E-state index in [1.807, 2.05) is 13.8 Å². The fraction of sp³-hybridized carbons (Fsp3) is 1.00. The van der Waals surface area contributed by atoms with Crippen LogP contribution in [0.3, 0.4) is 0 Å². The van der Waals surface area contributed by atoms with Gasteiger partial charge in [0.1, 0.15) is 0 Å². The minimum Gasteiger partial charge on any atom is -0.385 e. The number of nitrogens with zero attached hydrogens (tertiary/aromatic N) is 1. The molecule has 0 N–H and O–H groups in total. The highest BCUT2D eigenvalue weighted by Crippen LogP contribution is 1.98. The van der Waals surface area contributed by atoms with Gasteiger partial charge in [0.2, 0.25) is 0 Å². The van der Waals surface area contributed by atoms with Crippen molar-refractivity contribution in [2.45, 2.75) is 26.7 Å². The molecule has 0 saturated carbocycles. The molecule has 0 spiro atoms. The van der Waals surface area contributed by atoms with E-state index in [0.29, 0.717) is 0 Å². The van der Waals surface area contributed by atoms with Crippen LogP contribution in [0.2, 0.25) is 0 Å². The zero-order chi connectivity index (χ0) is 12.8. The Kier molecular flexibility index (Phi) is 13.8. The van der Waals surface area contributed by atoms with Gasteiger partial charge in [-0.15, -0.1) is 0 Å². The van der Waals surface area contributed by atoms with Crippen molar-refractivity contribution in [1.29, 1.82) is 0 Å². The van der Waals surface area contributed by atoms with Crippen LogP contribution in [-0.4, -0.2) is 64.7 Å². The molecule has 0 aromatic rings. The average molecular weight is 247 g/mol. The summed E-state index contributed by atoms with van der Waals surface area (Å²) in [5.41, 5.74) is 0. The number of methoxy groups -OCH3 is 1. The third-order valence-electron chi connectivity index (χ3n) is 2.50. The zero-order valence-electron chi connectivity index (χ0n) is 11.7. The summed E-state index contributed by atoms with van der Waals surface area (Å²) in [5.74, 6) is 0. The lowest BCUT2D eigenvalue weighted by Gasteiger charge is -2.26. The van der Waals surface area contributed by atoms with E-state index in [9.17, 15) is 0 Å². The Hall–Kier alpha value is -0.160. The van der Waals surface area contributed by atoms with E-state index in [-0.39, 0.29) is 0 Å². The highest BCUT2D eigenvalue weighted by Gasteiger charge is 2.08. The summed E-state index contributed by atoms with van der Waals surface area (Å²) in [6.07, 6.45) is 2.11. The summed E-state index contributed by atoms with van der Waals surface area (Å²) >= 11 is 0. The van der Waals surface area contributed by atoms with Crippen LogP contribution < -0.4 is 0 Å². The second-order valence-corrected chi connectivity index (χ2v) is 3.77. The Morgan fingerprint density at radius 3 is 2.29 bits per heavy atom. The summed E-state index contributed by atoms with van der Waals surface area (Å²) in [7, 11) is 1.72. The molecule has 1 heterocycles. The van der Waals surface area contributed by atoms with Gasteiger partial charge in [-0.2, -0.15) is 0 Å². The summed E-state index contributed by atoms with van der Waals surface area (Å²) in [5, 5.41) is 0. The molecule has 104 valence electrons. The Balaban J connectivity index is 0.00000121. The van der Waals surface area contributed by atoms with Crippen LogP contribution in [0.15, 0.2) is 0 Å². The molecule has 0 unspecified atom stereocenters. The van der Waals surface area contributed by atoms with Gasteiger partial charge in [0.15, 0.2) is 0 Å². The monoisotopic (exact) mass is 247 g/mol. The lowest BCUT2D eigenvalue weighted by atomic mass is 10.3. The van der Waals surface area contributed by atoms with Crippen molar-refractivity contribution in [1.82, 2.24) is 4.90 Å². The smallest absolute Gasteiger partial charge is 0.0594 e. The number of hydrogen-bond acceptors (Lipinski definition) is 4. The van der Waals surface area contributed by atoms with E-state index < -0.39 is 0 Å². The highest BCUT2D eigenvalue weighted by atomic mass is 16.5. The van der Waals surface area contributed by atoms with E-state index in [4.69, 9.17) is 14.2 Å². The molecule has 1 fully saturated rings. The minimum atomic E-state index is 0.795. The highest BCUT2D eigenvalue weighted by molar-refractivity contribution is 4.61. The average Bonchev–Trinajstić information content (AvgIpc) is 2.41. The molecular weight excluding hydrogens is 218 g/mol. The van der Waals surface area contributed by atoms with Crippen molar-refractivity contribution in [3.8, 4) is 0 Å². The minimum absolute atomic E-state index is 0.795. The first-order valence-corrected chi connectivity index (χ1v) is 6.80. The van der Waals surface area contributed by atoms with Crippen LogP contribution in [-0.2, 0) is 14.2 Å². The molecule has 0 aromatic carbocycles. The molecule has 4 nitrogen and oxygen atoms in total. The van der Waals surface area contributed by atoms with Crippen LogP contribution in [0.5, 0.6) is 0 Å². The maximum absolute atomic E-state index is 5.49. The molecular formula is C13H29NO3. The van der Waals surface area contributed by atoms with Gasteiger partial charge < -0.3 is 14.2 Å². The van der Waals surface area contributed by atoms with Gasteiger partial charge in [-0.1, -0.05) is 13.8 Å². The van der Waals surface area contributed by atoms with Crippen LogP contribution in [0.4, 0.5) is 0 Å². The number of rotatable bonds is 8. The largest absolute Gasteiger partial charge is 0.385 e. The first-order chi connectivity index (χ1) is 8.43. The number of morpholine rings is 1. The Morgan fingerprint density at radius 1 is 1.00 bits per heavy atom. The lowest BCUT2D eigenvalue weighted by Crippen LogP contribution is -2.37. The SMILES string of the molecule is CC.COCCCOCCCN1CCOCC1. The normalized spacial score (nSPS) is 16.4. The predicted molar refractivity (Wildman–Crippen MR) is 70.5 cm³/mol. The predicted octanol–water partition coefficient (Wildman–Crippen LogP) is 1.79. The molecule has 0 aliphatic carbocycles. The van der Waals surface area contributed by atoms with Crippen LogP contribution in [0, 0.1) is 0 Å². The molecule has 1 saturated heterocycles. The Labute approximate surface area is 106 Å². The molecule has 1 aliphatic heterocycles. The lowest BCUT2D eigenvalue weighted by molar-refractivity contribution is 0.0310. The van der Waals surface area contributed by atoms with Crippen molar-refractivity contribution in [3.05, 3.63) is 0 Å². The molecule has 4 heteroatoms. The standard InChI is InChI=1S/C11H23NO3.C2H6/c1-13-7-3-9-14-8-2-4-12-5-10-15-11-6-12;1-2/h2-11H2,1H3;1-2H3. The molecule has 0 amide bonds. The van der Waals surface area contributed by atoms with E-state index in [2.05, 4.69) is 4.90 Å². The van der Waals surface area contributed by atoms with E-state index in [0.717, 1.165) is 65.5 Å². The quantitative estimate of drug-likeness (QED) is 0.612. The number of hydrogen-bond donors (Lipinski definition) is 0. The van der Waals surface area contributed by atoms with E-state index in [1.165, 1.54) is 0 Å². The molecule has 0 atom stereocenters. The van der Waals surface area contributed by atoms with Crippen molar-refractivity contribution >= 4 is 0 Å². The summed E-state index contributed by atoms with van der Waals surface area (Å²) in [6.45, 7) is 11.5. The Morgan fingerprint density at radius 2 is 1.65 bits per heavy atom. The van der Waals surface area contributed by atoms with Gasteiger partial charge in [-0.05, 0) is 12.8 Å². The molecule has 0 radical (unpaired) electrons. The Bertz CT molecular complexity index is 139. The van der Waals surface area contributed by atoms with Crippen molar-refractivity contribution < 1.29 is 14.2 Å². The van der Waals surface area contributed by atoms with Gasteiger partial charge in [0.05, 0.1) is 13.2 Å². The van der Waals surface area contributed by atoms with Crippen molar-refractivity contribution in [2.24, 2.45) is 0 Å². The molecule has 17 heavy (non-hydrogen) atoms. The summed E-state index contributed by atoms with van der Waals surface area (Å²) in [6, 6.07) is 0. The van der Waals surface area contributed by atoms with Crippen molar-refractivity contribution in [3.63, 3.8) is 0 Å². The maximum atomic E-state index is 5.49. The number of ether oxygens (including phenoxy) is 3. The van der Waals surface area contributed by atoms with Crippen molar-refractivity contribution in [2.75, 3.05) is 59.8 Å². The van der Waals surface area contributed by atoms with E-state index >= 15 is 0 Å².